The van der Waals surface area contributed by atoms with Crippen molar-refractivity contribution in [2.75, 3.05) is 13.1 Å². The van der Waals surface area contributed by atoms with E-state index in [1.807, 2.05) is 0 Å². The standard InChI is InChI=1S/C28H39N3/c1-4-7-20-30(21-8-5-2)23-26-27(24-16-12-10-13-17-24)29-28(31(26)22-9-6-3)25-18-14-11-15-19-25/h10-19H,4-9,20-23H2,1-3H3. The SMILES string of the molecule is CCCCN(CCCC)Cc1c(-c2ccccc2)nc(-c2ccccc2)n1CCCC. The molecule has 0 aliphatic carbocycles. The lowest BCUT2D eigenvalue weighted by atomic mass is 10.1. The van der Waals surface area contributed by atoms with Gasteiger partial charge in [-0.05, 0) is 32.4 Å². The predicted molar refractivity (Wildman–Crippen MR) is 133 cm³/mol. The fourth-order valence-electron chi connectivity index (χ4n) is 4.08. The fraction of sp³-hybridized carbons (Fsp3) is 0.464. The number of hydrogen-bond acceptors (Lipinski definition) is 2. The molecule has 0 saturated heterocycles. The Balaban J connectivity index is 2.09. The van der Waals surface area contributed by atoms with Gasteiger partial charge in [-0.2, -0.15) is 0 Å². The largest absolute Gasteiger partial charge is 0.326 e. The van der Waals surface area contributed by atoms with Gasteiger partial charge in [0.2, 0.25) is 0 Å². The van der Waals surface area contributed by atoms with Gasteiger partial charge in [0.05, 0.1) is 11.4 Å². The van der Waals surface area contributed by atoms with Crippen molar-refractivity contribution in [3.05, 3.63) is 66.4 Å². The van der Waals surface area contributed by atoms with Crippen LogP contribution in [0, 0.1) is 0 Å². The molecule has 166 valence electrons. The minimum atomic E-state index is 0.966. The monoisotopic (exact) mass is 417 g/mol. The predicted octanol–water partition coefficient (Wildman–Crippen LogP) is 7.42. The highest BCUT2D eigenvalue weighted by atomic mass is 15.2. The normalized spacial score (nSPS) is 11.4. The molecule has 0 aliphatic rings. The first-order valence-electron chi connectivity index (χ1n) is 12.2. The zero-order chi connectivity index (χ0) is 21.9. The lowest BCUT2D eigenvalue weighted by Gasteiger charge is -2.24. The van der Waals surface area contributed by atoms with E-state index in [0.717, 1.165) is 37.7 Å². The molecule has 0 bridgehead atoms. The average molecular weight is 418 g/mol. The molecule has 0 spiro atoms. The van der Waals surface area contributed by atoms with Gasteiger partial charge in [-0.25, -0.2) is 4.98 Å². The summed E-state index contributed by atoms with van der Waals surface area (Å²) >= 11 is 0. The third-order valence-electron chi connectivity index (χ3n) is 5.92. The van der Waals surface area contributed by atoms with Gasteiger partial charge in [0.1, 0.15) is 5.82 Å². The van der Waals surface area contributed by atoms with Crippen molar-refractivity contribution in [2.45, 2.75) is 72.4 Å². The molecule has 1 heterocycles. The maximum absolute atomic E-state index is 5.25. The molecule has 0 aliphatic heterocycles. The van der Waals surface area contributed by atoms with Crippen molar-refractivity contribution in [2.24, 2.45) is 0 Å². The molecule has 1 aromatic heterocycles. The van der Waals surface area contributed by atoms with Crippen molar-refractivity contribution in [3.63, 3.8) is 0 Å². The van der Waals surface area contributed by atoms with Crippen molar-refractivity contribution >= 4 is 0 Å². The number of rotatable bonds is 13. The van der Waals surface area contributed by atoms with Gasteiger partial charge in [-0.15, -0.1) is 0 Å². The summed E-state index contributed by atoms with van der Waals surface area (Å²) < 4.78 is 2.51. The lowest BCUT2D eigenvalue weighted by Crippen LogP contribution is -2.27. The molecule has 3 rings (SSSR count). The Bertz CT molecular complexity index is 875. The van der Waals surface area contributed by atoms with Crippen LogP contribution in [0.25, 0.3) is 22.6 Å². The Morgan fingerprint density at radius 1 is 0.710 bits per heavy atom. The third-order valence-corrected chi connectivity index (χ3v) is 5.92. The number of benzene rings is 2. The van der Waals surface area contributed by atoms with Crippen LogP contribution in [0.5, 0.6) is 0 Å². The molecule has 0 saturated carbocycles. The minimum absolute atomic E-state index is 0.966. The molecule has 3 nitrogen and oxygen atoms in total. The second kappa shape index (κ2) is 12.5. The minimum Gasteiger partial charge on any atom is -0.326 e. The van der Waals surface area contributed by atoms with E-state index in [0.29, 0.717) is 0 Å². The molecule has 0 unspecified atom stereocenters. The Hall–Kier alpha value is -2.39. The van der Waals surface area contributed by atoms with Crippen LogP contribution < -0.4 is 0 Å². The molecule has 3 heteroatoms. The van der Waals surface area contributed by atoms with Crippen molar-refractivity contribution in [3.8, 4) is 22.6 Å². The molecule has 0 N–H and O–H groups in total. The molecule has 31 heavy (non-hydrogen) atoms. The Labute approximate surface area is 189 Å². The van der Waals surface area contributed by atoms with E-state index in [1.54, 1.807) is 0 Å². The van der Waals surface area contributed by atoms with Crippen LogP contribution in [0.15, 0.2) is 60.7 Å². The Morgan fingerprint density at radius 3 is 1.81 bits per heavy atom. The highest BCUT2D eigenvalue weighted by molar-refractivity contribution is 5.68. The summed E-state index contributed by atoms with van der Waals surface area (Å²) in [5.41, 5.74) is 4.94. The van der Waals surface area contributed by atoms with E-state index in [4.69, 9.17) is 4.98 Å². The third kappa shape index (κ3) is 6.30. The Morgan fingerprint density at radius 2 is 1.26 bits per heavy atom. The first kappa shape index (κ1) is 23.3. The number of aromatic nitrogens is 2. The van der Waals surface area contributed by atoms with Crippen LogP contribution in [0.2, 0.25) is 0 Å². The molecule has 0 amide bonds. The van der Waals surface area contributed by atoms with E-state index in [-0.39, 0.29) is 0 Å². The number of imidazole rings is 1. The van der Waals surface area contributed by atoms with Gasteiger partial charge >= 0.3 is 0 Å². The first-order chi connectivity index (χ1) is 15.3. The first-order valence-corrected chi connectivity index (χ1v) is 12.2. The van der Waals surface area contributed by atoms with Crippen molar-refractivity contribution in [1.82, 2.24) is 14.5 Å². The van der Waals surface area contributed by atoms with E-state index in [1.165, 1.54) is 55.3 Å². The van der Waals surface area contributed by atoms with E-state index < -0.39 is 0 Å². The van der Waals surface area contributed by atoms with Crippen LogP contribution >= 0.6 is 0 Å². The molecule has 0 fully saturated rings. The second-order valence-corrected chi connectivity index (χ2v) is 8.45. The van der Waals surface area contributed by atoms with Gasteiger partial charge in [0.25, 0.3) is 0 Å². The fourth-order valence-corrected chi connectivity index (χ4v) is 4.08. The van der Waals surface area contributed by atoms with Gasteiger partial charge in [0.15, 0.2) is 0 Å². The molecule has 0 radical (unpaired) electrons. The summed E-state index contributed by atoms with van der Waals surface area (Å²) in [7, 11) is 0. The average Bonchev–Trinajstić information content (AvgIpc) is 3.18. The van der Waals surface area contributed by atoms with Crippen LogP contribution in [-0.4, -0.2) is 27.5 Å². The van der Waals surface area contributed by atoms with Crippen molar-refractivity contribution < 1.29 is 0 Å². The van der Waals surface area contributed by atoms with Gasteiger partial charge in [-0.3, -0.25) is 4.90 Å². The number of unbranched alkanes of at least 4 members (excludes halogenated alkanes) is 3. The highest BCUT2D eigenvalue weighted by Crippen LogP contribution is 2.31. The van der Waals surface area contributed by atoms with Crippen LogP contribution in [0.1, 0.15) is 65.0 Å². The zero-order valence-corrected chi connectivity index (χ0v) is 19.7. The van der Waals surface area contributed by atoms with Gasteiger partial charge in [-0.1, -0.05) is 101 Å². The van der Waals surface area contributed by atoms with Crippen LogP contribution in [-0.2, 0) is 13.1 Å². The summed E-state index contributed by atoms with van der Waals surface area (Å²) in [6, 6.07) is 21.4. The lowest BCUT2D eigenvalue weighted by molar-refractivity contribution is 0.251. The van der Waals surface area contributed by atoms with E-state index >= 15 is 0 Å². The molecule has 2 aromatic carbocycles. The van der Waals surface area contributed by atoms with Gasteiger partial charge < -0.3 is 4.57 Å². The Kier molecular flexibility index (Phi) is 9.36. The van der Waals surface area contributed by atoms with Crippen LogP contribution in [0.3, 0.4) is 0 Å². The van der Waals surface area contributed by atoms with Gasteiger partial charge in [0, 0.05) is 24.2 Å². The van der Waals surface area contributed by atoms with Crippen molar-refractivity contribution in [1.29, 1.82) is 0 Å². The smallest absolute Gasteiger partial charge is 0.140 e. The maximum Gasteiger partial charge on any atom is 0.140 e. The summed E-state index contributed by atoms with van der Waals surface area (Å²) in [4.78, 5) is 7.90. The van der Waals surface area contributed by atoms with E-state index in [9.17, 15) is 0 Å². The summed E-state index contributed by atoms with van der Waals surface area (Å²) in [5.74, 6) is 1.11. The number of nitrogens with zero attached hydrogens (tertiary/aromatic N) is 3. The molecule has 0 atom stereocenters. The van der Waals surface area contributed by atoms with E-state index in [2.05, 4.69) is 90.9 Å². The summed E-state index contributed by atoms with van der Waals surface area (Å²) in [5, 5.41) is 0. The molecular weight excluding hydrogens is 378 g/mol. The van der Waals surface area contributed by atoms with Crippen LogP contribution in [0.4, 0.5) is 0 Å². The topological polar surface area (TPSA) is 21.1 Å². The second-order valence-electron chi connectivity index (χ2n) is 8.45. The number of hydrogen-bond donors (Lipinski definition) is 0. The molecule has 3 aromatic rings. The zero-order valence-electron chi connectivity index (χ0n) is 19.7. The highest BCUT2D eigenvalue weighted by Gasteiger charge is 2.21. The maximum atomic E-state index is 5.25. The quantitative estimate of drug-likeness (QED) is 0.288. The molecular formula is C28H39N3. The summed E-state index contributed by atoms with van der Waals surface area (Å²) in [6.45, 7) is 11.1. The summed E-state index contributed by atoms with van der Waals surface area (Å²) in [6.07, 6.45) is 7.32.